The first kappa shape index (κ1) is 11.2. The summed E-state index contributed by atoms with van der Waals surface area (Å²) in [6.45, 7) is -1.58. The smallest absolute Gasteiger partial charge is 0.395 e. The van der Waals surface area contributed by atoms with Gasteiger partial charge in [-0.2, -0.15) is 17.5 Å². The molecule has 0 aromatic carbocycles. The molecule has 8 heteroatoms. The number of alkyl halides is 3. The second-order valence-corrected chi connectivity index (χ2v) is 3.24. The number of nitrogens with zero attached hydrogens (tertiary/aromatic N) is 3. The molecule has 0 saturated heterocycles. The maximum atomic E-state index is 12.1. The van der Waals surface area contributed by atoms with Crippen LogP contribution in [0.25, 0.3) is 0 Å². The van der Waals surface area contributed by atoms with Crippen molar-refractivity contribution in [3.8, 4) is 0 Å². The minimum absolute atomic E-state index is 0.102. The van der Waals surface area contributed by atoms with Crippen LogP contribution in [0.4, 0.5) is 18.3 Å². The Kier molecular flexibility index (Phi) is 3.64. The molecule has 80 valence electrons. The van der Waals surface area contributed by atoms with Crippen molar-refractivity contribution in [3.63, 3.8) is 0 Å². The molecule has 1 heterocycles. The Bertz CT molecular complexity index is 264. The fourth-order valence-electron chi connectivity index (χ4n) is 0.886. The Morgan fingerprint density at radius 3 is 2.64 bits per heavy atom. The molecule has 0 aliphatic rings. The van der Waals surface area contributed by atoms with Crippen LogP contribution in [0.15, 0.2) is 6.33 Å². The minimum atomic E-state index is -4.30. The lowest BCUT2D eigenvalue weighted by atomic mass is 10.5. The Hall–Kier alpha value is -0.890. The van der Waals surface area contributed by atoms with Gasteiger partial charge in [-0.3, -0.25) is 0 Å². The molecule has 0 radical (unpaired) electrons. The number of anilines is 1. The Labute approximate surface area is 82.2 Å². The monoisotopic (exact) mass is 227 g/mol. The second-order valence-electron chi connectivity index (χ2n) is 2.48. The summed E-state index contributed by atoms with van der Waals surface area (Å²) in [5.74, 6) is 0. The van der Waals surface area contributed by atoms with Crippen LogP contribution in [0, 0.1) is 0 Å². The molecule has 0 spiro atoms. The predicted molar refractivity (Wildman–Crippen MR) is 45.3 cm³/mol. The van der Waals surface area contributed by atoms with Crippen molar-refractivity contribution in [2.75, 3.05) is 24.6 Å². The van der Waals surface area contributed by atoms with Crippen molar-refractivity contribution in [2.24, 2.45) is 0 Å². The van der Waals surface area contributed by atoms with Gasteiger partial charge in [0.05, 0.1) is 6.61 Å². The number of halogens is 3. The largest absolute Gasteiger partial charge is 0.406 e. The highest BCUT2D eigenvalue weighted by atomic mass is 32.1. The van der Waals surface area contributed by atoms with E-state index in [0.29, 0.717) is 0 Å². The zero-order valence-corrected chi connectivity index (χ0v) is 7.85. The number of aliphatic hydroxyl groups is 1. The van der Waals surface area contributed by atoms with Gasteiger partial charge in [0, 0.05) is 18.1 Å². The number of aliphatic hydroxyl groups excluding tert-OH is 1. The molecular formula is C6H8F3N3OS. The summed E-state index contributed by atoms with van der Waals surface area (Å²) >= 11 is 0.865. The van der Waals surface area contributed by atoms with E-state index >= 15 is 0 Å². The molecule has 1 rings (SSSR count). The van der Waals surface area contributed by atoms with Crippen LogP contribution >= 0.6 is 11.5 Å². The van der Waals surface area contributed by atoms with E-state index in [9.17, 15) is 13.2 Å². The molecule has 4 nitrogen and oxygen atoms in total. The van der Waals surface area contributed by atoms with E-state index in [2.05, 4.69) is 9.36 Å². The Morgan fingerprint density at radius 1 is 1.50 bits per heavy atom. The molecule has 0 bridgehead atoms. The highest BCUT2D eigenvalue weighted by Crippen LogP contribution is 2.21. The van der Waals surface area contributed by atoms with Crippen molar-refractivity contribution in [2.45, 2.75) is 6.18 Å². The Morgan fingerprint density at radius 2 is 2.21 bits per heavy atom. The number of rotatable bonds is 4. The Balaban J connectivity index is 2.65. The van der Waals surface area contributed by atoms with Crippen molar-refractivity contribution in [1.82, 2.24) is 9.36 Å². The van der Waals surface area contributed by atoms with E-state index in [0.717, 1.165) is 16.4 Å². The predicted octanol–water partition coefficient (Wildman–Crippen LogP) is 0.899. The maximum absolute atomic E-state index is 12.1. The third-order valence-corrected chi connectivity index (χ3v) is 2.09. The summed E-state index contributed by atoms with van der Waals surface area (Å²) in [5, 5.41) is 8.74. The summed E-state index contributed by atoms with van der Waals surface area (Å²) in [6, 6.07) is 0. The molecule has 0 aliphatic carbocycles. The fourth-order valence-corrected chi connectivity index (χ4v) is 1.44. The average molecular weight is 227 g/mol. The lowest BCUT2D eigenvalue weighted by molar-refractivity contribution is -0.119. The molecule has 1 aromatic heterocycles. The third kappa shape index (κ3) is 3.46. The number of hydrogen-bond acceptors (Lipinski definition) is 5. The molecule has 0 fully saturated rings. The number of hydrogen-bond donors (Lipinski definition) is 1. The molecule has 0 unspecified atom stereocenters. The van der Waals surface area contributed by atoms with Gasteiger partial charge in [-0.05, 0) is 0 Å². The van der Waals surface area contributed by atoms with E-state index in [1.165, 1.54) is 6.33 Å². The molecule has 0 atom stereocenters. The number of aromatic nitrogens is 2. The molecule has 14 heavy (non-hydrogen) atoms. The van der Waals surface area contributed by atoms with E-state index in [1.54, 1.807) is 0 Å². The van der Waals surface area contributed by atoms with Gasteiger partial charge in [-0.15, -0.1) is 0 Å². The average Bonchev–Trinajstić information content (AvgIpc) is 2.52. The minimum Gasteiger partial charge on any atom is -0.395 e. The van der Waals surface area contributed by atoms with Gasteiger partial charge in [0.2, 0.25) is 5.13 Å². The lowest BCUT2D eigenvalue weighted by Crippen LogP contribution is -2.36. The maximum Gasteiger partial charge on any atom is 0.406 e. The van der Waals surface area contributed by atoms with Gasteiger partial charge in [0.15, 0.2) is 0 Å². The topological polar surface area (TPSA) is 49.2 Å². The zero-order valence-electron chi connectivity index (χ0n) is 7.03. The highest BCUT2D eigenvalue weighted by molar-refractivity contribution is 7.09. The van der Waals surface area contributed by atoms with Gasteiger partial charge in [-0.1, -0.05) is 0 Å². The quantitative estimate of drug-likeness (QED) is 0.830. The molecule has 1 N–H and O–H groups in total. The molecule has 1 aromatic rings. The third-order valence-electron chi connectivity index (χ3n) is 1.36. The van der Waals surface area contributed by atoms with Gasteiger partial charge >= 0.3 is 6.18 Å². The van der Waals surface area contributed by atoms with Crippen LogP contribution in [-0.2, 0) is 0 Å². The van der Waals surface area contributed by atoms with E-state index in [-0.39, 0.29) is 18.3 Å². The summed E-state index contributed by atoms with van der Waals surface area (Å²) in [6.07, 6.45) is -3.12. The van der Waals surface area contributed by atoms with Crippen LogP contribution in [0.2, 0.25) is 0 Å². The summed E-state index contributed by atoms with van der Waals surface area (Å²) in [5.41, 5.74) is 0. The molecular weight excluding hydrogens is 219 g/mol. The van der Waals surface area contributed by atoms with Crippen LogP contribution in [0.1, 0.15) is 0 Å². The first-order chi connectivity index (χ1) is 6.53. The van der Waals surface area contributed by atoms with Crippen molar-refractivity contribution < 1.29 is 18.3 Å². The van der Waals surface area contributed by atoms with Crippen LogP contribution in [0.5, 0.6) is 0 Å². The van der Waals surface area contributed by atoms with Gasteiger partial charge in [0.25, 0.3) is 0 Å². The van der Waals surface area contributed by atoms with Crippen molar-refractivity contribution >= 4 is 16.7 Å². The highest BCUT2D eigenvalue weighted by Gasteiger charge is 2.31. The summed E-state index contributed by atoms with van der Waals surface area (Å²) < 4.78 is 39.8. The van der Waals surface area contributed by atoms with Gasteiger partial charge in [0.1, 0.15) is 12.9 Å². The van der Waals surface area contributed by atoms with Crippen molar-refractivity contribution in [1.29, 1.82) is 0 Å². The molecule has 0 amide bonds. The summed E-state index contributed by atoms with van der Waals surface area (Å²) in [4.78, 5) is 4.58. The lowest BCUT2D eigenvalue weighted by Gasteiger charge is -2.21. The van der Waals surface area contributed by atoms with Crippen molar-refractivity contribution in [3.05, 3.63) is 6.33 Å². The first-order valence-corrected chi connectivity index (χ1v) is 4.49. The standard InChI is InChI=1S/C6H8F3N3OS/c7-6(8,9)3-12(1-2-13)5-10-4-11-14-5/h4,13H,1-3H2. The van der Waals surface area contributed by atoms with Gasteiger partial charge < -0.3 is 10.0 Å². The van der Waals surface area contributed by atoms with E-state index < -0.39 is 12.7 Å². The molecule has 0 aliphatic heterocycles. The normalized spacial score (nSPS) is 11.7. The van der Waals surface area contributed by atoms with Crippen LogP contribution in [-0.4, -0.2) is 40.3 Å². The van der Waals surface area contributed by atoms with Crippen LogP contribution < -0.4 is 4.90 Å². The molecule has 0 saturated carbocycles. The van der Waals surface area contributed by atoms with Crippen LogP contribution in [0.3, 0.4) is 0 Å². The zero-order chi connectivity index (χ0) is 10.6. The first-order valence-electron chi connectivity index (χ1n) is 3.72. The van der Waals surface area contributed by atoms with E-state index in [1.807, 2.05) is 0 Å². The SMILES string of the molecule is OCCN(CC(F)(F)F)c1ncns1. The van der Waals surface area contributed by atoms with Gasteiger partial charge in [-0.25, -0.2) is 4.98 Å². The van der Waals surface area contributed by atoms with E-state index in [4.69, 9.17) is 5.11 Å². The summed E-state index contributed by atoms with van der Waals surface area (Å²) in [7, 11) is 0. The second kappa shape index (κ2) is 4.56. The fraction of sp³-hybridized carbons (Fsp3) is 0.667.